The minimum Gasteiger partial charge on any atom is -0.389 e. The third-order valence-electron chi connectivity index (χ3n) is 6.53. The largest absolute Gasteiger partial charge is 0.389 e. The Morgan fingerprint density at radius 3 is 2.46 bits per heavy atom. The van der Waals surface area contributed by atoms with Crippen molar-refractivity contribution in [2.75, 3.05) is 13.1 Å². The second-order valence-corrected chi connectivity index (χ2v) is 8.40. The van der Waals surface area contributed by atoms with E-state index in [2.05, 4.69) is 55.7 Å². The third kappa shape index (κ3) is 3.60. The number of hydrogen-bond donors (Lipinski definition) is 1. The lowest BCUT2D eigenvalue weighted by molar-refractivity contribution is -0.0913. The van der Waals surface area contributed by atoms with Gasteiger partial charge in [0.05, 0.1) is 5.60 Å². The lowest BCUT2D eigenvalue weighted by Gasteiger charge is -2.53. The van der Waals surface area contributed by atoms with Crippen LogP contribution in [0.15, 0.2) is 42.5 Å². The first kappa shape index (κ1) is 17.7. The number of nitrogens with zero attached hydrogens (tertiary/aromatic N) is 1. The van der Waals surface area contributed by atoms with Crippen LogP contribution in [0.5, 0.6) is 0 Å². The molecule has 2 fully saturated rings. The highest BCUT2D eigenvalue weighted by molar-refractivity contribution is 5.23. The minimum absolute atomic E-state index is 0.117. The van der Waals surface area contributed by atoms with Gasteiger partial charge in [0.15, 0.2) is 0 Å². The van der Waals surface area contributed by atoms with Crippen molar-refractivity contribution < 1.29 is 5.11 Å². The number of rotatable bonds is 4. The normalized spacial score (nSPS) is 34.9. The van der Waals surface area contributed by atoms with Gasteiger partial charge in [-0.2, -0.15) is 0 Å². The van der Waals surface area contributed by atoms with Gasteiger partial charge in [0, 0.05) is 6.04 Å². The van der Waals surface area contributed by atoms with Gasteiger partial charge < -0.3 is 5.11 Å². The number of benzene rings is 1. The molecule has 24 heavy (non-hydrogen) atoms. The topological polar surface area (TPSA) is 23.5 Å². The Bertz CT molecular complexity index is 559. The highest BCUT2D eigenvalue weighted by atomic mass is 16.3. The van der Waals surface area contributed by atoms with Crippen LogP contribution in [-0.4, -0.2) is 34.7 Å². The molecule has 0 spiro atoms. The second-order valence-electron chi connectivity index (χ2n) is 8.40. The molecule has 0 radical (unpaired) electrons. The van der Waals surface area contributed by atoms with Crippen molar-refractivity contribution in [1.29, 1.82) is 0 Å². The Hall–Kier alpha value is -1.12. The molecule has 1 heterocycles. The number of piperidine rings is 1. The summed E-state index contributed by atoms with van der Waals surface area (Å²) in [7, 11) is 0. The molecular formula is C22H33NO. The summed E-state index contributed by atoms with van der Waals surface area (Å²) in [6.45, 7) is 10.9. The molecule has 2 heteroatoms. The van der Waals surface area contributed by atoms with E-state index in [0.717, 1.165) is 38.8 Å². The molecule has 0 amide bonds. The molecule has 0 bridgehead atoms. The van der Waals surface area contributed by atoms with Crippen molar-refractivity contribution in [1.82, 2.24) is 4.90 Å². The van der Waals surface area contributed by atoms with Crippen molar-refractivity contribution in [3.8, 4) is 0 Å². The molecule has 0 aromatic heterocycles. The van der Waals surface area contributed by atoms with Crippen LogP contribution in [0, 0.1) is 5.41 Å². The van der Waals surface area contributed by atoms with E-state index >= 15 is 0 Å². The van der Waals surface area contributed by atoms with E-state index in [-0.39, 0.29) is 11.5 Å². The van der Waals surface area contributed by atoms with Gasteiger partial charge in [-0.25, -0.2) is 0 Å². The molecule has 2 aliphatic rings. The molecule has 132 valence electrons. The Labute approximate surface area is 147 Å². The van der Waals surface area contributed by atoms with Gasteiger partial charge in [-0.15, -0.1) is 0 Å². The quantitative estimate of drug-likeness (QED) is 0.818. The van der Waals surface area contributed by atoms with Gasteiger partial charge in [-0.05, 0) is 76.4 Å². The van der Waals surface area contributed by atoms with Gasteiger partial charge in [-0.1, -0.05) is 48.9 Å². The number of allylic oxidation sites excluding steroid dienone is 1. The Morgan fingerprint density at radius 1 is 1.17 bits per heavy atom. The minimum atomic E-state index is -0.576. The average molecular weight is 328 g/mol. The summed E-state index contributed by atoms with van der Waals surface area (Å²) in [6.07, 6.45) is 7.86. The van der Waals surface area contributed by atoms with Crippen molar-refractivity contribution in [3.63, 3.8) is 0 Å². The molecule has 3 atom stereocenters. The zero-order chi connectivity index (χ0) is 17.2. The van der Waals surface area contributed by atoms with E-state index in [0.29, 0.717) is 0 Å². The van der Waals surface area contributed by atoms with E-state index in [1.807, 2.05) is 0 Å². The number of aliphatic hydroxyl groups is 1. The van der Waals surface area contributed by atoms with E-state index in [9.17, 15) is 5.11 Å². The highest BCUT2D eigenvalue weighted by Crippen LogP contribution is 2.49. The smallest absolute Gasteiger partial charge is 0.0774 e. The van der Waals surface area contributed by atoms with E-state index in [4.69, 9.17) is 0 Å². The summed E-state index contributed by atoms with van der Waals surface area (Å²) in [6, 6.07) is 11.1. The molecule has 3 rings (SSSR count). The van der Waals surface area contributed by atoms with Crippen LogP contribution < -0.4 is 0 Å². The summed E-state index contributed by atoms with van der Waals surface area (Å²) in [5.74, 6) is 0. The summed E-state index contributed by atoms with van der Waals surface area (Å²) in [5, 5.41) is 11.1. The van der Waals surface area contributed by atoms with Crippen molar-refractivity contribution in [3.05, 3.63) is 48.0 Å². The predicted octanol–water partition coefficient (Wildman–Crippen LogP) is 4.58. The van der Waals surface area contributed by atoms with Crippen LogP contribution in [0.1, 0.15) is 57.9 Å². The van der Waals surface area contributed by atoms with Crippen LogP contribution in [0.4, 0.5) is 0 Å². The van der Waals surface area contributed by atoms with Gasteiger partial charge in [0.2, 0.25) is 0 Å². The van der Waals surface area contributed by atoms with E-state index < -0.39 is 5.60 Å². The molecule has 1 saturated heterocycles. The van der Waals surface area contributed by atoms with Gasteiger partial charge in [0.1, 0.15) is 0 Å². The first-order valence-corrected chi connectivity index (χ1v) is 9.59. The van der Waals surface area contributed by atoms with Gasteiger partial charge in [0.25, 0.3) is 0 Å². The molecule has 1 aromatic carbocycles. The third-order valence-corrected chi connectivity index (χ3v) is 6.53. The fourth-order valence-corrected chi connectivity index (χ4v) is 4.79. The highest BCUT2D eigenvalue weighted by Gasteiger charge is 2.48. The molecule has 1 aliphatic carbocycles. The Balaban J connectivity index is 1.85. The predicted molar refractivity (Wildman–Crippen MR) is 101 cm³/mol. The van der Waals surface area contributed by atoms with Crippen molar-refractivity contribution >= 4 is 0 Å². The number of hydrogen-bond acceptors (Lipinski definition) is 2. The van der Waals surface area contributed by atoms with E-state index in [1.54, 1.807) is 0 Å². The van der Waals surface area contributed by atoms with Crippen LogP contribution in [0.3, 0.4) is 0 Å². The zero-order valence-corrected chi connectivity index (χ0v) is 15.4. The maximum Gasteiger partial charge on any atom is 0.0774 e. The molecule has 0 unspecified atom stereocenters. The van der Waals surface area contributed by atoms with Crippen LogP contribution in [0.2, 0.25) is 0 Å². The summed E-state index contributed by atoms with van der Waals surface area (Å²) >= 11 is 0. The van der Waals surface area contributed by atoms with Crippen molar-refractivity contribution in [2.24, 2.45) is 5.41 Å². The molecule has 1 aliphatic heterocycles. The SMILES string of the molecule is C=C(C)[C@@]1(Cc2ccccc2)CC[C@](C)(O)[C@@H](N2CCCCC2)C1. The monoisotopic (exact) mass is 327 g/mol. The molecule has 1 N–H and O–H groups in total. The van der Waals surface area contributed by atoms with Crippen LogP contribution in [0.25, 0.3) is 0 Å². The average Bonchev–Trinajstić information content (AvgIpc) is 2.58. The fraction of sp³-hybridized carbons (Fsp3) is 0.636. The lowest BCUT2D eigenvalue weighted by Crippen LogP contribution is -2.58. The van der Waals surface area contributed by atoms with Crippen molar-refractivity contribution in [2.45, 2.75) is 70.4 Å². The molecular weight excluding hydrogens is 294 g/mol. The lowest BCUT2D eigenvalue weighted by atomic mass is 9.61. The van der Waals surface area contributed by atoms with Crippen LogP contribution >= 0.6 is 0 Å². The first-order valence-electron chi connectivity index (χ1n) is 9.59. The summed E-state index contributed by atoms with van der Waals surface area (Å²) in [5.41, 5.74) is 2.21. The van der Waals surface area contributed by atoms with Gasteiger partial charge in [-0.3, -0.25) is 4.90 Å². The molecule has 1 aromatic rings. The fourth-order valence-electron chi connectivity index (χ4n) is 4.79. The zero-order valence-electron chi connectivity index (χ0n) is 15.4. The van der Waals surface area contributed by atoms with E-state index in [1.165, 1.54) is 30.4 Å². The van der Waals surface area contributed by atoms with Gasteiger partial charge >= 0.3 is 0 Å². The molecule has 1 saturated carbocycles. The maximum absolute atomic E-state index is 11.1. The maximum atomic E-state index is 11.1. The Morgan fingerprint density at radius 2 is 1.83 bits per heavy atom. The second kappa shape index (κ2) is 7.01. The summed E-state index contributed by atoms with van der Waals surface area (Å²) in [4.78, 5) is 2.56. The standard InChI is InChI=1S/C22H33NO/c1-18(2)22(16-19-10-6-4-7-11-19)13-12-21(3,24)20(17-22)23-14-8-5-9-15-23/h4,6-7,10-11,20,24H,1,5,8-9,12-17H2,2-3H3/t20-,21-,22+/m0/s1. The number of likely N-dealkylation sites (tertiary alicyclic amines) is 1. The summed E-state index contributed by atoms with van der Waals surface area (Å²) < 4.78 is 0. The first-order chi connectivity index (χ1) is 11.4. The van der Waals surface area contributed by atoms with Crippen LogP contribution in [-0.2, 0) is 6.42 Å². The molecule has 2 nitrogen and oxygen atoms in total. The Kier molecular flexibility index (Phi) is 5.17.